The van der Waals surface area contributed by atoms with Gasteiger partial charge in [-0.25, -0.2) is 0 Å². The molecule has 1 aromatic rings. The Morgan fingerprint density at radius 3 is 2.67 bits per heavy atom. The molecule has 0 saturated heterocycles. The summed E-state index contributed by atoms with van der Waals surface area (Å²) in [5, 5.41) is 18.6. The van der Waals surface area contributed by atoms with E-state index in [9.17, 15) is 14.7 Å². The number of aliphatic hydroxyl groups is 1. The number of carbonyl (C=O) groups is 2. The maximum Gasteiger partial charge on any atom is 0.316 e. The van der Waals surface area contributed by atoms with Crippen LogP contribution in [0.4, 0.5) is 0 Å². The third-order valence-corrected chi connectivity index (χ3v) is 12.4. The zero-order valence-corrected chi connectivity index (χ0v) is 27.6. The highest BCUT2D eigenvalue weighted by atomic mass is 32.2. The van der Waals surface area contributed by atoms with E-state index >= 15 is 0 Å². The van der Waals surface area contributed by atoms with E-state index in [4.69, 9.17) is 10.5 Å². The highest BCUT2D eigenvalue weighted by Crippen LogP contribution is 2.68. The summed E-state index contributed by atoms with van der Waals surface area (Å²) in [6, 6.07) is 8.29. The number of nitrogens with two attached hydrogens (primary N) is 1. The van der Waals surface area contributed by atoms with Gasteiger partial charge in [0, 0.05) is 34.6 Å². The fraction of sp³-hybridized carbons (Fsp3) is 0.714. The van der Waals surface area contributed by atoms with Crippen LogP contribution in [0.15, 0.2) is 41.8 Å². The van der Waals surface area contributed by atoms with Crippen LogP contribution in [-0.2, 0) is 20.9 Å². The summed E-state index contributed by atoms with van der Waals surface area (Å²) in [4.78, 5) is 28.1. The summed E-state index contributed by atoms with van der Waals surface area (Å²) in [5.74, 6) is 0.175. The molecule has 8 heteroatoms. The van der Waals surface area contributed by atoms with Crippen molar-refractivity contribution in [3.63, 3.8) is 0 Å². The maximum atomic E-state index is 13.6. The van der Waals surface area contributed by atoms with Crippen molar-refractivity contribution >= 4 is 23.5 Å². The standard InChI is InChI=1S/C35H55N3O4S/c1-6-33(4)21-29(34(5)24(2)12-14-35(25(3)32(33)41)15-13-28(39)31(34)35)42-30(40)23-43-27-11-7-10-26(20-27)22-38-19-9-18-37-17-8-16-36/h6-7,10-11,20,24-25,29,31-32,37-38,41H,1,8-9,12-19,21-23,36H2,2-5H3/t24?,25-,29+,31?,32-,33+,34-,35?/m0/s1. The van der Waals surface area contributed by atoms with E-state index in [2.05, 4.69) is 50.1 Å². The third-order valence-electron chi connectivity index (χ3n) is 11.4. The molecule has 0 amide bonds. The van der Waals surface area contributed by atoms with Gasteiger partial charge >= 0.3 is 5.97 Å². The van der Waals surface area contributed by atoms with Crippen LogP contribution >= 0.6 is 11.8 Å². The van der Waals surface area contributed by atoms with Gasteiger partial charge in [0.1, 0.15) is 11.9 Å². The molecule has 240 valence electrons. The number of thioether (sulfide) groups is 1. The average molecular weight is 614 g/mol. The lowest BCUT2D eigenvalue weighted by Crippen LogP contribution is -2.63. The second-order valence-corrected chi connectivity index (χ2v) is 15.0. The Morgan fingerprint density at radius 2 is 1.93 bits per heavy atom. The number of ketones is 1. The van der Waals surface area contributed by atoms with Crippen LogP contribution in [-0.4, -0.2) is 61.0 Å². The van der Waals surface area contributed by atoms with Gasteiger partial charge in [0.15, 0.2) is 0 Å². The van der Waals surface area contributed by atoms with Crippen molar-refractivity contribution in [1.29, 1.82) is 0 Å². The Morgan fingerprint density at radius 1 is 1.19 bits per heavy atom. The van der Waals surface area contributed by atoms with Crippen LogP contribution < -0.4 is 16.4 Å². The van der Waals surface area contributed by atoms with Gasteiger partial charge in [-0.05, 0) is 99.7 Å². The first-order valence-electron chi connectivity index (χ1n) is 16.4. The number of hydrogen-bond acceptors (Lipinski definition) is 8. The molecule has 4 rings (SSSR count). The number of nitrogens with one attached hydrogen (secondary N) is 2. The number of rotatable bonds is 14. The van der Waals surface area contributed by atoms with Crippen LogP contribution in [0.1, 0.15) is 78.2 Å². The second-order valence-electron chi connectivity index (χ2n) is 13.9. The molecule has 1 aromatic carbocycles. The highest BCUT2D eigenvalue weighted by Gasteiger charge is 2.68. The molecule has 0 heterocycles. The van der Waals surface area contributed by atoms with Crippen molar-refractivity contribution < 1.29 is 19.4 Å². The summed E-state index contributed by atoms with van der Waals surface area (Å²) in [6.45, 7) is 17.0. The first-order chi connectivity index (χ1) is 20.5. The summed E-state index contributed by atoms with van der Waals surface area (Å²) >= 11 is 1.48. The molecule has 3 aliphatic rings. The molecule has 8 atom stereocenters. The number of ether oxygens (including phenoxy) is 1. The van der Waals surface area contributed by atoms with Gasteiger partial charge in [0.05, 0.1) is 11.9 Å². The molecular formula is C35H55N3O4S. The summed E-state index contributed by atoms with van der Waals surface area (Å²) in [6.07, 6.45) is 6.47. The Bertz CT molecular complexity index is 1130. The van der Waals surface area contributed by atoms with Gasteiger partial charge in [-0.15, -0.1) is 18.3 Å². The van der Waals surface area contributed by atoms with Crippen LogP contribution in [0.25, 0.3) is 0 Å². The number of benzene rings is 1. The maximum absolute atomic E-state index is 13.6. The van der Waals surface area contributed by atoms with Gasteiger partial charge in [0.25, 0.3) is 0 Å². The van der Waals surface area contributed by atoms with E-state index in [1.54, 1.807) is 0 Å². The van der Waals surface area contributed by atoms with E-state index in [1.807, 2.05) is 25.1 Å². The molecule has 3 fully saturated rings. The average Bonchev–Trinajstić information content (AvgIpc) is 3.36. The molecule has 7 nitrogen and oxygen atoms in total. The predicted molar refractivity (Wildman–Crippen MR) is 175 cm³/mol. The molecule has 0 spiro atoms. The molecule has 2 bridgehead atoms. The first kappa shape index (κ1) is 34.2. The van der Waals surface area contributed by atoms with Gasteiger partial charge in [-0.3, -0.25) is 9.59 Å². The van der Waals surface area contributed by atoms with Crippen LogP contribution in [0.5, 0.6) is 0 Å². The monoisotopic (exact) mass is 613 g/mol. The molecule has 3 saturated carbocycles. The Labute approximate surface area is 263 Å². The molecule has 0 aromatic heterocycles. The van der Waals surface area contributed by atoms with Crippen molar-refractivity contribution in [1.82, 2.24) is 10.6 Å². The zero-order chi connectivity index (χ0) is 31.3. The van der Waals surface area contributed by atoms with Crippen LogP contribution in [0.2, 0.25) is 0 Å². The number of carbonyl (C=O) groups excluding carboxylic acids is 2. The van der Waals surface area contributed by atoms with Gasteiger partial charge in [-0.2, -0.15) is 0 Å². The summed E-state index contributed by atoms with van der Waals surface area (Å²) in [5.41, 5.74) is 5.33. The van der Waals surface area contributed by atoms with E-state index in [-0.39, 0.29) is 40.7 Å². The molecule has 3 aliphatic carbocycles. The number of Topliss-reactive ketones (excluding diaryl/α,β-unsaturated/α-hetero) is 1. The lowest BCUT2D eigenvalue weighted by Gasteiger charge is -2.61. The third kappa shape index (κ3) is 7.09. The predicted octanol–water partition coefficient (Wildman–Crippen LogP) is 5.10. The van der Waals surface area contributed by atoms with E-state index in [0.717, 1.165) is 69.7 Å². The van der Waals surface area contributed by atoms with Crippen molar-refractivity contribution in [3.8, 4) is 0 Å². The molecule has 43 heavy (non-hydrogen) atoms. The largest absolute Gasteiger partial charge is 0.461 e. The summed E-state index contributed by atoms with van der Waals surface area (Å²) < 4.78 is 6.40. The van der Waals surface area contributed by atoms with Crippen molar-refractivity contribution in [2.24, 2.45) is 39.7 Å². The van der Waals surface area contributed by atoms with Crippen molar-refractivity contribution in [2.75, 3.05) is 31.9 Å². The van der Waals surface area contributed by atoms with Gasteiger partial charge in [-0.1, -0.05) is 45.9 Å². The minimum absolute atomic E-state index is 0.0363. The Hall–Kier alpha value is -1.71. The lowest BCUT2D eigenvalue weighted by atomic mass is 9.44. The van der Waals surface area contributed by atoms with Crippen LogP contribution in [0, 0.1) is 34.0 Å². The second kappa shape index (κ2) is 14.6. The highest BCUT2D eigenvalue weighted by molar-refractivity contribution is 8.00. The number of aliphatic hydroxyl groups excluding tert-OH is 1. The topological polar surface area (TPSA) is 114 Å². The SMILES string of the molecule is C=C[C@]1(C)C[C@@H](OC(=O)CSc2cccc(CNCCCNCCCN)c2)[C@]2(C)C(C)CCC3(CCC(=O)C32)[C@@H](C)[C@@H]1O. The number of esters is 1. The quantitative estimate of drug-likeness (QED) is 0.0992. The minimum atomic E-state index is -0.657. The minimum Gasteiger partial charge on any atom is -0.461 e. The Balaban J connectivity index is 1.42. The van der Waals surface area contributed by atoms with Crippen molar-refractivity contribution in [3.05, 3.63) is 42.5 Å². The normalized spacial score (nSPS) is 35.6. The van der Waals surface area contributed by atoms with Gasteiger partial charge in [0.2, 0.25) is 0 Å². The Kier molecular flexibility index (Phi) is 11.6. The molecule has 3 unspecified atom stereocenters. The smallest absolute Gasteiger partial charge is 0.316 e. The van der Waals surface area contributed by atoms with Crippen molar-refractivity contribution in [2.45, 2.75) is 96.3 Å². The van der Waals surface area contributed by atoms with Gasteiger partial charge < -0.3 is 26.2 Å². The molecule has 0 aliphatic heterocycles. The van der Waals surface area contributed by atoms with E-state index < -0.39 is 23.0 Å². The molecular weight excluding hydrogens is 558 g/mol. The van der Waals surface area contributed by atoms with E-state index in [1.165, 1.54) is 17.3 Å². The van der Waals surface area contributed by atoms with E-state index in [0.29, 0.717) is 12.8 Å². The first-order valence-corrected chi connectivity index (χ1v) is 17.4. The van der Waals surface area contributed by atoms with Crippen LogP contribution in [0.3, 0.4) is 0 Å². The fourth-order valence-electron chi connectivity index (χ4n) is 8.50. The molecule has 0 radical (unpaired) electrons. The zero-order valence-electron chi connectivity index (χ0n) is 26.8. The number of hydrogen-bond donors (Lipinski definition) is 4. The summed E-state index contributed by atoms with van der Waals surface area (Å²) in [7, 11) is 0. The lowest BCUT2D eigenvalue weighted by molar-refractivity contribution is -0.205. The molecule has 5 N–H and O–H groups in total. The fourth-order valence-corrected chi connectivity index (χ4v) is 9.27.